The molecule has 0 fully saturated rings. The molecular formula is C6H24N2O24P8. The number of hydrogen-bond acceptors (Lipinski definition) is 10. The second kappa shape index (κ2) is 12.1. The summed E-state index contributed by atoms with van der Waals surface area (Å²) < 4.78 is 97.1. The highest BCUT2D eigenvalue weighted by molar-refractivity contribution is 7.74. The van der Waals surface area contributed by atoms with Crippen LogP contribution >= 0.6 is 60.8 Å². The van der Waals surface area contributed by atoms with Gasteiger partial charge in [-0.05, 0) is 0 Å². The van der Waals surface area contributed by atoms with Crippen LogP contribution in [0.2, 0.25) is 0 Å². The van der Waals surface area contributed by atoms with Crippen LogP contribution in [-0.4, -0.2) is 112 Å². The highest BCUT2D eigenvalue weighted by Gasteiger charge is 2.75. The van der Waals surface area contributed by atoms with Crippen molar-refractivity contribution in [2.75, 3.05) is 0 Å². The molecule has 34 heteroatoms. The summed E-state index contributed by atoms with van der Waals surface area (Å²) in [6.45, 7) is 0. The molecule has 1 atom stereocenters. The Kier molecular flexibility index (Phi) is 12.5. The van der Waals surface area contributed by atoms with Gasteiger partial charge < -0.3 is 84.0 Å². The molecule has 0 spiro atoms. The first kappa shape index (κ1) is 41.1. The second-order valence-electron chi connectivity index (χ2n) is 7.85. The molecule has 19 N–H and O–H groups in total. The van der Waals surface area contributed by atoms with Crippen LogP contribution in [0, 0.1) is 0 Å². The van der Waals surface area contributed by atoms with Gasteiger partial charge in [0.2, 0.25) is 5.52 Å². The van der Waals surface area contributed by atoms with E-state index in [9.17, 15) is 115 Å². The largest absolute Gasteiger partial charge is 0.354 e. The summed E-state index contributed by atoms with van der Waals surface area (Å²) >= 11 is 0. The summed E-state index contributed by atoms with van der Waals surface area (Å²) in [5.41, 5.74) is -4.42. The Balaban J connectivity index is 9.10. The quantitative estimate of drug-likeness (QED) is 0.0741. The third-order valence-corrected chi connectivity index (χ3v) is 19.7. The average Bonchev–Trinajstić information content (AvgIpc) is 2.48. The van der Waals surface area contributed by atoms with E-state index in [1.165, 1.54) is 0 Å². The zero-order chi connectivity index (χ0) is 33.1. The lowest BCUT2D eigenvalue weighted by atomic mass is 9.95. The highest BCUT2D eigenvalue weighted by atomic mass is 31.3. The minimum Gasteiger partial charge on any atom is -0.325 e. The molecule has 0 aromatic heterocycles. The Morgan fingerprint density at radius 3 is 0.800 bits per heavy atom. The summed E-state index contributed by atoms with van der Waals surface area (Å²) in [4.78, 5) is 154. The fourth-order valence-electron chi connectivity index (χ4n) is 3.68. The summed E-state index contributed by atoms with van der Waals surface area (Å²) in [5.74, 6) is 0. The number of nitrogens with one attached hydrogen (secondary N) is 1. The highest BCUT2D eigenvalue weighted by Crippen LogP contribution is 2.76. The van der Waals surface area contributed by atoms with E-state index in [0.717, 1.165) is 0 Å². The van der Waals surface area contributed by atoms with Gasteiger partial charge in [-0.2, -0.15) is 0 Å². The molecule has 0 aliphatic carbocycles. The van der Waals surface area contributed by atoms with Crippen molar-refractivity contribution in [3.8, 4) is 0 Å². The molecule has 40 heavy (non-hydrogen) atoms. The molecule has 0 amide bonds. The Labute approximate surface area is 220 Å². The topological polar surface area (TPSA) is 498 Å². The van der Waals surface area contributed by atoms with Crippen molar-refractivity contribution in [1.82, 2.24) is 5.32 Å². The molecule has 242 valence electrons. The number of rotatable bonds is 14. The van der Waals surface area contributed by atoms with Crippen LogP contribution in [0.25, 0.3) is 0 Å². The molecule has 0 aromatic rings. The number of nitrogens with two attached hydrogens (primary N) is 1. The van der Waals surface area contributed by atoms with Gasteiger partial charge in [0.15, 0.2) is 16.2 Å². The monoisotopic (exact) mass is 756 g/mol. The maximum Gasteiger partial charge on any atom is 0.354 e. The summed E-state index contributed by atoms with van der Waals surface area (Å²) in [6, 6.07) is -4.26. The zero-order valence-corrected chi connectivity index (χ0v) is 25.6. The van der Waals surface area contributed by atoms with Gasteiger partial charge in [0.1, 0.15) is 0 Å². The van der Waals surface area contributed by atoms with Gasteiger partial charge >= 0.3 is 60.8 Å². The predicted molar refractivity (Wildman–Crippen MR) is 125 cm³/mol. The molecule has 0 aliphatic heterocycles. The first-order chi connectivity index (χ1) is 16.8. The van der Waals surface area contributed by atoms with E-state index in [1.807, 2.05) is 0 Å². The van der Waals surface area contributed by atoms with E-state index in [1.54, 1.807) is 0 Å². The fraction of sp³-hybridized carbons (Fsp3) is 1.00. The number of hydrogen-bond donors (Lipinski definition) is 18. The second-order valence-corrected chi connectivity index (χ2v) is 23.1. The zero-order valence-electron chi connectivity index (χ0n) is 18.5. The van der Waals surface area contributed by atoms with Gasteiger partial charge in [0.25, 0.3) is 0 Å². The van der Waals surface area contributed by atoms with Gasteiger partial charge in [0.05, 0.1) is 11.6 Å². The normalized spacial score (nSPS) is 16.8. The van der Waals surface area contributed by atoms with Crippen LogP contribution in [0.3, 0.4) is 0 Å². The third-order valence-electron chi connectivity index (χ3n) is 4.71. The van der Waals surface area contributed by atoms with Gasteiger partial charge in [-0.3, -0.25) is 41.8 Å². The minimum atomic E-state index is -7.17. The molecule has 0 saturated heterocycles. The molecule has 0 aromatic carbocycles. The van der Waals surface area contributed by atoms with Crippen molar-refractivity contribution in [2.24, 2.45) is 5.73 Å². The minimum absolute atomic E-state index is 0.492. The maximum absolute atomic E-state index is 12.3. The van der Waals surface area contributed by atoms with Crippen molar-refractivity contribution in [3.63, 3.8) is 0 Å². The van der Waals surface area contributed by atoms with E-state index < -0.39 is 94.1 Å². The van der Waals surface area contributed by atoms with Gasteiger partial charge in [0, 0.05) is 0 Å². The SMILES string of the molecule is NC(C(P(=O)(O)O)P(=O)(O)O)C(NC(P(=O)(O)O)P(=O)(O)O)(C(P(=O)(O)O)P(=O)(O)O)C(P(=O)(O)O)P(=O)(O)O. The summed E-state index contributed by atoms with van der Waals surface area (Å²) in [5, 5.41) is -13.2. The van der Waals surface area contributed by atoms with Crippen LogP contribution in [0.15, 0.2) is 0 Å². The first-order valence-electron chi connectivity index (χ1n) is 8.80. The molecule has 1 unspecified atom stereocenters. The molecule has 0 radical (unpaired) electrons. The molecule has 0 saturated carbocycles. The first-order valence-corrected chi connectivity index (χ1v) is 22.2. The average molecular weight is 756 g/mol. The lowest BCUT2D eigenvalue weighted by Gasteiger charge is -2.52. The summed E-state index contributed by atoms with van der Waals surface area (Å²) in [6.07, 6.45) is 0. The van der Waals surface area contributed by atoms with Crippen molar-refractivity contribution in [3.05, 3.63) is 0 Å². The van der Waals surface area contributed by atoms with E-state index in [4.69, 9.17) is 5.73 Å². The third kappa shape index (κ3) is 9.81. The fourth-order valence-corrected chi connectivity index (χ4v) is 16.3. The molecule has 0 aliphatic rings. The molecule has 0 bridgehead atoms. The van der Waals surface area contributed by atoms with Crippen molar-refractivity contribution in [2.45, 2.75) is 33.3 Å². The Morgan fingerprint density at radius 1 is 0.425 bits per heavy atom. The van der Waals surface area contributed by atoms with E-state index in [2.05, 4.69) is 0 Å². The van der Waals surface area contributed by atoms with Gasteiger partial charge in [-0.25, -0.2) is 0 Å². The van der Waals surface area contributed by atoms with Gasteiger partial charge in [-0.1, -0.05) is 0 Å². The Morgan fingerprint density at radius 2 is 0.650 bits per heavy atom. The standard InChI is InChI=1S/C6H24N2O24P8/c7-1(2(33(9,10)11)34(12,13)14)6(3(35(15,16)17)36(18,19)20,4(37(21,22)23)38(24,25)26)8-5(39(27,28)29)40(30,31)32/h1-5,8H,7H2,(H2,9,10,11)(H2,12,13,14)(H2,15,16,17)(H2,18,19,20)(H2,21,22,23)(H2,24,25,26)(H2,27,28,29)(H2,30,31,32). The van der Waals surface area contributed by atoms with Crippen LogP contribution in [0.1, 0.15) is 0 Å². The molecule has 0 heterocycles. The van der Waals surface area contributed by atoms with Crippen LogP contribution in [-0.2, 0) is 36.5 Å². The van der Waals surface area contributed by atoms with Crippen molar-refractivity contribution < 1.29 is 115 Å². The lowest BCUT2D eigenvalue weighted by molar-refractivity contribution is 0.197. The van der Waals surface area contributed by atoms with Crippen molar-refractivity contribution in [1.29, 1.82) is 0 Å². The van der Waals surface area contributed by atoms with E-state index in [0.29, 0.717) is 5.32 Å². The molecular weight excluding hydrogens is 732 g/mol. The van der Waals surface area contributed by atoms with Crippen molar-refractivity contribution >= 4 is 60.8 Å². The van der Waals surface area contributed by atoms with E-state index >= 15 is 0 Å². The lowest BCUT2D eigenvalue weighted by Crippen LogP contribution is -2.74. The van der Waals surface area contributed by atoms with Crippen LogP contribution < -0.4 is 11.1 Å². The Hall–Kier alpha value is 1.12. The molecule has 26 nitrogen and oxygen atoms in total. The van der Waals surface area contributed by atoms with Crippen LogP contribution in [0.5, 0.6) is 0 Å². The van der Waals surface area contributed by atoms with Gasteiger partial charge in [-0.15, -0.1) is 0 Å². The summed E-state index contributed by atoms with van der Waals surface area (Å²) in [7, 11) is -55.8. The predicted octanol–water partition coefficient (Wildman–Crippen LogP) is -4.67. The van der Waals surface area contributed by atoms with E-state index in [-0.39, 0.29) is 0 Å². The smallest absolute Gasteiger partial charge is 0.325 e. The Bertz CT molecular complexity index is 1190. The molecule has 0 rings (SSSR count). The maximum atomic E-state index is 12.3. The van der Waals surface area contributed by atoms with Crippen LogP contribution in [0.4, 0.5) is 0 Å².